The monoisotopic (exact) mass is 457 g/mol. The highest BCUT2D eigenvalue weighted by Crippen LogP contribution is 2.40. The van der Waals surface area contributed by atoms with Gasteiger partial charge in [-0.15, -0.1) is 10.2 Å². The lowest BCUT2D eigenvalue weighted by Gasteiger charge is -2.10. The Bertz CT molecular complexity index is 1490. The normalized spacial score (nSPS) is 10.9. The number of aromatic hydroxyl groups is 1. The van der Waals surface area contributed by atoms with Gasteiger partial charge in [-0.3, -0.25) is 0 Å². The van der Waals surface area contributed by atoms with Gasteiger partial charge in [0.25, 0.3) is 5.95 Å². The van der Waals surface area contributed by atoms with Gasteiger partial charge in [0, 0.05) is 17.8 Å². The number of esters is 2. The van der Waals surface area contributed by atoms with Gasteiger partial charge in [0.15, 0.2) is 11.6 Å². The van der Waals surface area contributed by atoms with E-state index in [1.54, 1.807) is 6.07 Å². The second-order valence-corrected chi connectivity index (χ2v) is 6.69. The summed E-state index contributed by atoms with van der Waals surface area (Å²) < 4.78 is 10.7. The molecule has 0 spiro atoms. The highest BCUT2D eigenvalue weighted by Gasteiger charge is 2.21. The molecular weight excluding hydrogens is 442 g/mol. The average Bonchev–Trinajstić information content (AvgIpc) is 3.30. The van der Waals surface area contributed by atoms with Crippen molar-refractivity contribution in [2.24, 2.45) is 10.2 Å². The van der Waals surface area contributed by atoms with Crippen molar-refractivity contribution in [1.82, 2.24) is 19.7 Å². The van der Waals surface area contributed by atoms with Gasteiger partial charge in [-0.25, -0.2) is 19.6 Å². The van der Waals surface area contributed by atoms with Crippen LogP contribution in [-0.2, 0) is 9.47 Å². The predicted octanol–water partition coefficient (Wildman–Crippen LogP) is 3.38. The number of ether oxygens (including phenoxy) is 2. The number of fused-ring (bicyclic) bond motifs is 1. The van der Waals surface area contributed by atoms with Crippen LogP contribution in [0.15, 0.2) is 59.2 Å². The van der Waals surface area contributed by atoms with E-state index in [1.807, 2.05) is 6.07 Å². The number of azo groups is 1. The quantitative estimate of drug-likeness (QED) is 0.349. The Morgan fingerprint density at radius 1 is 1.09 bits per heavy atom. The van der Waals surface area contributed by atoms with Gasteiger partial charge in [-0.2, -0.15) is 15.0 Å². The number of carbonyl (C=O) groups excluding carboxylic acids is 2. The van der Waals surface area contributed by atoms with E-state index in [0.717, 1.165) is 7.11 Å². The number of hydrogen-bond acceptors (Lipinski definition) is 11. The Morgan fingerprint density at radius 2 is 1.82 bits per heavy atom. The van der Waals surface area contributed by atoms with Crippen molar-refractivity contribution in [3.63, 3.8) is 0 Å². The Balaban J connectivity index is 1.92. The van der Waals surface area contributed by atoms with Crippen LogP contribution in [0.5, 0.6) is 5.75 Å². The molecule has 0 saturated carbocycles. The minimum atomic E-state index is -0.820. The van der Waals surface area contributed by atoms with Crippen molar-refractivity contribution < 1.29 is 24.2 Å². The fourth-order valence-corrected chi connectivity index (χ4v) is 3.15. The molecule has 0 amide bonds. The molecule has 4 rings (SSSR count). The number of methoxy groups -OCH3 is 2. The van der Waals surface area contributed by atoms with E-state index in [4.69, 9.17) is 9.47 Å². The SMILES string of the molecule is COC(=O)c1ccc2c(/N=N/c3c(C#N)cnn3-c3ncccn3)c(O)c(C(=O)OC)cc2c1. The molecule has 34 heavy (non-hydrogen) atoms. The summed E-state index contributed by atoms with van der Waals surface area (Å²) in [6.07, 6.45) is 4.26. The van der Waals surface area contributed by atoms with Crippen LogP contribution in [0.4, 0.5) is 11.5 Å². The molecule has 0 aliphatic carbocycles. The third kappa shape index (κ3) is 3.89. The van der Waals surface area contributed by atoms with Crippen LogP contribution in [-0.4, -0.2) is 51.0 Å². The smallest absolute Gasteiger partial charge is 0.341 e. The molecule has 4 aromatic rings. The van der Waals surface area contributed by atoms with Gasteiger partial charge in [0.2, 0.25) is 0 Å². The molecule has 2 aromatic heterocycles. The molecule has 0 fully saturated rings. The Morgan fingerprint density at radius 3 is 2.50 bits per heavy atom. The number of benzene rings is 2. The first kappa shape index (κ1) is 22.0. The average molecular weight is 457 g/mol. The number of carbonyl (C=O) groups is 2. The minimum absolute atomic E-state index is 0.0101. The summed E-state index contributed by atoms with van der Waals surface area (Å²) in [6.45, 7) is 0. The first-order chi connectivity index (χ1) is 16.5. The number of hydrogen-bond donors (Lipinski definition) is 1. The largest absolute Gasteiger partial charge is 0.505 e. The van der Waals surface area contributed by atoms with E-state index in [1.165, 1.54) is 54.6 Å². The van der Waals surface area contributed by atoms with Crippen LogP contribution in [0.1, 0.15) is 26.3 Å². The van der Waals surface area contributed by atoms with Gasteiger partial charge in [0.1, 0.15) is 22.9 Å². The first-order valence-corrected chi connectivity index (χ1v) is 9.62. The van der Waals surface area contributed by atoms with Crippen LogP contribution < -0.4 is 0 Å². The second-order valence-electron chi connectivity index (χ2n) is 6.69. The number of rotatable bonds is 5. The second kappa shape index (κ2) is 9.13. The first-order valence-electron chi connectivity index (χ1n) is 9.62. The van der Waals surface area contributed by atoms with Crippen molar-refractivity contribution in [2.45, 2.75) is 0 Å². The van der Waals surface area contributed by atoms with E-state index >= 15 is 0 Å². The number of nitrogens with zero attached hydrogens (tertiary/aromatic N) is 7. The van der Waals surface area contributed by atoms with E-state index in [-0.39, 0.29) is 34.1 Å². The molecular formula is C22H15N7O5. The van der Waals surface area contributed by atoms with E-state index in [9.17, 15) is 20.0 Å². The van der Waals surface area contributed by atoms with Crippen molar-refractivity contribution in [3.8, 4) is 17.8 Å². The molecule has 0 aliphatic heterocycles. The minimum Gasteiger partial charge on any atom is -0.505 e. The van der Waals surface area contributed by atoms with Crippen molar-refractivity contribution in [1.29, 1.82) is 5.26 Å². The molecule has 0 unspecified atom stereocenters. The summed E-state index contributed by atoms with van der Waals surface area (Å²) in [5.41, 5.74) is 0.0360. The zero-order chi connectivity index (χ0) is 24.2. The maximum absolute atomic E-state index is 12.3. The summed E-state index contributed by atoms with van der Waals surface area (Å²) in [7, 11) is 2.41. The van der Waals surface area contributed by atoms with Gasteiger partial charge in [-0.05, 0) is 29.7 Å². The molecule has 2 aromatic carbocycles. The fraction of sp³-hybridized carbons (Fsp3) is 0.0909. The third-order valence-electron chi connectivity index (χ3n) is 4.76. The van der Waals surface area contributed by atoms with Crippen LogP contribution in [0.3, 0.4) is 0 Å². The Hall–Kier alpha value is -5.18. The van der Waals surface area contributed by atoms with Crippen LogP contribution in [0.2, 0.25) is 0 Å². The summed E-state index contributed by atoms with van der Waals surface area (Å²) >= 11 is 0. The maximum atomic E-state index is 12.3. The summed E-state index contributed by atoms with van der Waals surface area (Å²) in [4.78, 5) is 32.4. The Labute approximate surface area is 191 Å². The molecule has 1 N–H and O–H groups in total. The molecule has 168 valence electrons. The molecule has 0 saturated heterocycles. The number of phenols is 1. The number of phenolic OH excluding ortho intramolecular Hbond substituents is 1. The molecule has 0 atom stereocenters. The topological polar surface area (TPSA) is 165 Å². The standard InChI is InChI=1S/C22H15N7O5/c1-33-20(31)12-4-5-15-13(8-12)9-16(21(32)34-2)18(30)17(15)27-28-19-14(10-23)11-26-29(19)22-24-6-3-7-25-22/h3-9,11,30H,1-2H3/b28-27+. The zero-order valence-electron chi connectivity index (χ0n) is 17.8. The van der Waals surface area contributed by atoms with Crippen molar-refractivity contribution >= 4 is 34.2 Å². The third-order valence-corrected chi connectivity index (χ3v) is 4.76. The number of nitriles is 1. The lowest BCUT2D eigenvalue weighted by atomic mass is 10.0. The molecule has 0 bridgehead atoms. The van der Waals surface area contributed by atoms with Gasteiger partial charge in [0.05, 0.1) is 26.0 Å². The maximum Gasteiger partial charge on any atom is 0.341 e. The molecule has 12 nitrogen and oxygen atoms in total. The summed E-state index contributed by atoms with van der Waals surface area (Å²) in [5, 5.41) is 33.4. The van der Waals surface area contributed by atoms with Gasteiger partial charge < -0.3 is 14.6 Å². The van der Waals surface area contributed by atoms with E-state index in [0.29, 0.717) is 10.8 Å². The molecule has 0 radical (unpaired) electrons. The van der Waals surface area contributed by atoms with Gasteiger partial charge in [-0.1, -0.05) is 6.07 Å². The van der Waals surface area contributed by atoms with E-state index < -0.39 is 17.7 Å². The molecule has 0 aliphatic rings. The van der Waals surface area contributed by atoms with Crippen LogP contribution in [0.25, 0.3) is 16.7 Å². The van der Waals surface area contributed by atoms with Crippen LogP contribution in [0, 0.1) is 11.3 Å². The van der Waals surface area contributed by atoms with Crippen molar-refractivity contribution in [2.75, 3.05) is 14.2 Å². The zero-order valence-corrected chi connectivity index (χ0v) is 17.8. The van der Waals surface area contributed by atoms with Crippen molar-refractivity contribution in [3.05, 3.63) is 65.6 Å². The lowest BCUT2D eigenvalue weighted by Crippen LogP contribution is -2.03. The van der Waals surface area contributed by atoms with E-state index in [2.05, 4.69) is 25.3 Å². The molecule has 2 heterocycles. The molecule has 12 heteroatoms. The predicted molar refractivity (Wildman–Crippen MR) is 116 cm³/mol. The highest BCUT2D eigenvalue weighted by atomic mass is 16.5. The lowest BCUT2D eigenvalue weighted by molar-refractivity contribution is 0.0590. The van der Waals surface area contributed by atoms with Crippen LogP contribution >= 0.6 is 0 Å². The van der Waals surface area contributed by atoms with Gasteiger partial charge >= 0.3 is 11.9 Å². The number of aromatic nitrogens is 4. The Kier molecular flexibility index (Phi) is 5.91. The summed E-state index contributed by atoms with van der Waals surface area (Å²) in [5.74, 6) is -1.73. The highest BCUT2D eigenvalue weighted by molar-refractivity contribution is 6.06. The fourth-order valence-electron chi connectivity index (χ4n) is 3.15. The summed E-state index contributed by atoms with van der Waals surface area (Å²) in [6, 6.07) is 9.43.